The smallest absolute Gasteiger partial charge is 0.257 e. The number of oxazole rings is 1. The third-order valence-electron chi connectivity index (χ3n) is 4.96. The molecule has 1 amide bonds. The van der Waals surface area contributed by atoms with Crippen molar-refractivity contribution < 1.29 is 9.21 Å². The van der Waals surface area contributed by atoms with Crippen molar-refractivity contribution in [2.45, 2.75) is 26.2 Å². The molecule has 0 radical (unpaired) electrons. The van der Waals surface area contributed by atoms with Crippen molar-refractivity contribution in [3.05, 3.63) is 81.4 Å². The van der Waals surface area contributed by atoms with Gasteiger partial charge in [-0.1, -0.05) is 39.0 Å². The summed E-state index contributed by atoms with van der Waals surface area (Å²) in [5.41, 5.74) is 4.77. The van der Waals surface area contributed by atoms with Gasteiger partial charge in [0.05, 0.1) is 0 Å². The van der Waals surface area contributed by atoms with Crippen LogP contribution in [0.5, 0.6) is 0 Å². The van der Waals surface area contributed by atoms with E-state index in [0.29, 0.717) is 28.2 Å². The van der Waals surface area contributed by atoms with Gasteiger partial charge in [0.25, 0.3) is 5.91 Å². The summed E-state index contributed by atoms with van der Waals surface area (Å²) in [7, 11) is 0. The SMILES string of the molecule is CC(C)(C)c1ccc(C(=O)NC(=S)Nc2ccc3oc(-c4cccc(I)c4)nc3c2)cc1. The molecule has 0 bridgehead atoms. The highest BCUT2D eigenvalue weighted by molar-refractivity contribution is 14.1. The van der Waals surface area contributed by atoms with E-state index in [1.807, 2.05) is 66.7 Å². The van der Waals surface area contributed by atoms with Crippen LogP contribution < -0.4 is 10.6 Å². The molecule has 0 atom stereocenters. The first-order valence-corrected chi connectivity index (χ1v) is 11.6. The first-order chi connectivity index (χ1) is 15.2. The molecule has 1 aromatic heterocycles. The lowest BCUT2D eigenvalue weighted by atomic mass is 9.87. The first-order valence-electron chi connectivity index (χ1n) is 10.1. The average Bonchev–Trinajstić information content (AvgIpc) is 3.16. The molecule has 0 aliphatic carbocycles. The quantitative estimate of drug-likeness (QED) is 0.223. The van der Waals surface area contributed by atoms with Gasteiger partial charge in [-0.15, -0.1) is 0 Å². The molecular weight excluding hydrogens is 533 g/mol. The third-order valence-corrected chi connectivity index (χ3v) is 5.83. The second kappa shape index (κ2) is 8.99. The van der Waals surface area contributed by atoms with Gasteiger partial charge in [0, 0.05) is 20.4 Å². The Kier molecular flexibility index (Phi) is 6.30. The minimum atomic E-state index is -0.258. The first kappa shape index (κ1) is 22.4. The molecule has 4 aromatic rings. The number of halogens is 1. The van der Waals surface area contributed by atoms with E-state index in [9.17, 15) is 4.79 Å². The standard InChI is InChI=1S/C25H22IN3O2S/c1-25(2,3)17-9-7-15(8-10-17)22(30)29-24(32)27-19-11-12-21-20(14-19)28-23(31-21)16-5-4-6-18(26)13-16/h4-14H,1-3H3,(H2,27,29,30,32). The Labute approximate surface area is 205 Å². The summed E-state index contributed by atoms with van der Waals surface area (Å²) in [6.07, 6.45) is 0. The zero-order valence-corrected chi connectivity index (χ0v) is 20.9. The molecule has 162 valence electrons. The van der Waals surface area contributed by atoms with E-state index in [2.05, 4.69) is 59.0 Å². The van der Waals surface area contributed by atoms with Crippen molar-refractivity contribution in [1.82, 2.24) is 10.3 Å². The monoisotopic (exact) mass is 555 g/mol. The minimum absolute atomic E-state index is 0.0322. The highest BCUT2D eigenvalue weighted by atomic mass is 127. The van der Waals surface area contributed by atoms with Gasteiger partial charge in [0.2, 0.25) is 5.89 Å². The number of fused-ring (bicyclic) bond motifs is 1. The number of nitrogens with zero attached hydrogens (tertiary/aromatic N) is 1. The lowest BCUT2D eigenvalue weighted by molar-refractivity contribution is 0.0977. The largest absolute Gasteiger partial charge is 0.436 e. The van der Waals surface area contributed by atoms with E-state index < -0.39 is 0 Å². The summed E-state index contributed by atoms with van der Waals surface area (Å²) in [5, 5.41) is 5.99. The number of hydrogen-bond acceptors (Lipinski definition) is 4. The maximum Gasteiger partial charge on any atom is 0.257 e. The summed E-state index contributed by atoms with van der Waals surface area (Å²) in [4.78, 5) is 17.1. The fraction of sp³-hybridized carbons (Fsp3) is 0.160. The predicted octanol–water partition coefficient (Wildman–Crippen LogP) is 6.52. The lowest BCUT2D eigenvalue weighted by Crippen LogP contribution is -2.34. The fourth-order valence-corrected chi connectivity index (χ4v) is 3.96. The molecule has 7 heteroatoms. The molecule has 0 saturated heterocycles. The minimum Gasteiger partial charge on any atom is -0.436 e. The van der Waals surface area contributed by atoms with Gasteiger partial charge < -0.3 is 9.73 Å². The summed E-state index contributed by atoms with van der Waals surface area (Å²) in [6.45, 7) is 6.41. The summed E-state index contributed by atoms with van der Waals surface area (Å²) in [6, 6.07) is 21.0. The van der Waals surface area contributed by atoms with Gasteiger partial charge in [-0.05, 0) is 94.3 Å². The zero-order chi connectivity index (χ0) is 22.9. The van der Waals surface area contributed by atoms with Crippen molar-refractivity contribution in [2.24, 2.45) is 0 Å². The molecule has 5 nitrogen and oxygen atoms in total. The van der Waals surface area contributed by atoms with Crippen molar-refractivity contribution >= 4 is 62.6 Å². The van der Waals surface area contributed by atoms with Crippen LogP contribution in [-0.4, -0.2) is 16.0 Å². The highest BCUT2D eigenvalue weighted by Crippen LogP contribution is 2.27. The molecular formula is C25H22IN3O2S. The Bertz CT molecular complexity index is 1310. The van der Waals surface area contributed by atoms with Gasteiger partial charge in [0.15, 0.2) is 10.7 Å². The molecule has 0 unspecified atom stereocenters. The van der Waals surface area contributed by atoms with E-state index in [1.54, 1.807) is 0 Å². The maximum atomic E-state index is 12.5. The van der Waals surface area contributed by atoms with Crippen LogP contribution in [0, 0.1) is 3.57 Å². The molecule has 0 aliphatic heterocycles. The van der Waals surface area contributed by atoms with E-state index >= 15 is 0 Å². The van der Waals surface area contributed by atoms with Crippen molar-refractivity contribution in [3.8, 4) is 11.5 Å². The van der Waals surface area contributed by atoms with Crippen LogP contribution in [0.25, 0.3) is 22.6 Å². The number of hydrogen-bond donors (Lipinski definition) is 2. The van der Waals surface area contributed by atoms with Gasteiger partial charge in [-0.3, -0.25) is 10.1 Å². The predicted molar refractivity (Wildman–Crippen MR) is 141 cm³/mol. The Balaban J connectivity index is 1.44. The zero-order valence-electron chi connectivity index (χ0n) is 17.9. The number of benzene rings is 3. The van der Waals surface area contributed by atoms with Gasteiger partial charge in [0.1, 0.15) is 5.52 Å². The summed E-state index contributed by atoms with van der Waals surface area (Å²) >= 11 is 7.59. The second-order valence-corrected chi connectivity index (χ2v) is 10.1. The van der Waals surface area contributed by atoms with Crippen LogP contribution in [0.3, 0.4) is 0 Å². The van der Waals surface area contributed by atoms with Crippen LogP contribution in [0.1, 0.15) is 36.7 Å². The molecule has 0 spiro atoms. The molecule has 32 heavy (non-hydrogen) atoms. The molecule has 0 fully saturated rings. The van der Waals surface area contributed by atoms with Crippen molar-refractivity contribution in [3.63, 3.8) is 0 Å². The van der Waals surface area contributed by atoms with Gasteiger partial charge in [-0.2, -0.15) is 0 Å². The normalized spacial score (nSPS) is 11.4. The third kappa shape index (κ3) is 5.16. The molecule has 1 heterocycles. The maximum absolute atomic E-state index is 12.5. The van der Waals surface area contributed by atoms with Crippen LogP contribution >= 0.6 is 34.8 Å². The van der Waals surface area contributed by atoms with Crippen LogP contribution in [-0.2, 0) is 5.41 Å². The van der Waals surface area contributed by atoms with E-state index in [1.165, 1.54) is 5.56 Å². The van der Waals surface area contributed by atoms with E-state index in [0.717, 1.165) is 9.13 Å². The highest BCUT2D eigenvalue weighted by Gasteiger charge is 2.15. The van der Waals surface area contributed by atoms with Crippen molar-refractivity contribution in [1.29, 1.82) is 0 Å². The van der Waals surface area contributed by atoms with Crippen LogP contribution in [0.4, 0.5) is 5.69 Å². The Hall–Kier alpha value is -2.78. The molecule has 4 rings (SSSR count). The fourth-order valence-electron chi connectivity index (χ4n) is 3.21. The number of carbonyl (C=O) groups is 1. The Morgan fingerprint density at radius 3 is 2.47 bits per heavy atom. The average molecular weight is 555 g/mol. The second-order valence-electron chi connectivity index (χ2n) is 8.45. The van der Waals surface area contributed by atoms with E-state index in [4.69, 9.17) is 16.6 Å². The number of nitrogens with one attached hydrogen (secondary N) is 2. The molecule has 0 aliphatic rings. The summed E-state index contributed by atoms with van der Waals surface area (Å²) in [5.74, 6) is 0.302. The lowest BCUT2D eigenvalue weighted by Gasteiger charge is -2.19. The molecule has 2 N–H and O–H groups in total. The topological polar surface area (TPSA) is 67.2 Å². The van der Waals surface area contributed by atoms with Crippen LogP contribution in [0.2, 0.25) is 0 Å². The number of carbonyl (C=O) groups excluding carboxylic acids is 1. The number of anilines is 1. The molecule has 3 aromatic carbocycles. The molecule has 0 saturated carbocycles. The number of amides is 1. The van der Waals surface area contributed by atoms with Crippen LogP contribution in [0.15, 0.2) is 71.1 Å². The number of aromatic nitrogens is 1. The Morgan fingerprint density at radius 1 is 1.03 bits per heavy atom. The number of rotatable bonds is 3. The van der Waals surface area contributed by atoms with Gasteiger partial charge in [-0.25, -0.2) is 4.98 Å². The summed E-state index contributed by atoms with van der Waals surface area (Å²) < 4.78 is 6.99. The van der Waals surface area contributed by atoms with Gasteiger partial charge >= 0.3 is 0 Å². The van der Waals surface area contributed by atoms with E-state index in [-0.39, 0.29) is 16.4 Å². The van der Waals surface area contributed by atoms with Crippen molar-refractivity contribution in [2.75, 3.05) is 5.32 Å². The Morgan fingerprint density at radius 2 is 1.78 bits per heavy atom. The number of thiocarbonyl (C=S) groups is 1.